The lowest BCUT2D eigenvalue weighted by atomic mass is 10.3. The molecule has 1 amide bonds. The quantitative estimate of drug-likeness (QED) is 0.319. The average Bonchev–Trinajstić information content (AvgIpc) is 2.36. The van der Waals surface area contributed by atoms with Gasteiger partial charge in [-0.2, -0.15) is 0 Å². The van der Waals surface area contributed by atoms with Crippen LogP contribution in [0.5, 0.6) is 0 Å². The second-order valence-corrected chi connectivity index (χ2v) is 3.18. The Bertz CT molecular complexity index is 445. The molecule has 0 unspecified atom stereocenters. The summed E-state index contributed by atoms with van der Waals surface area (Å²) in [6, 6.07) is 2.60. The van der Waals surface area contributed by atoms with E-state index in [1.54, 1.807) is 6.92 Å². The number of allylic oxidation sites excluding steroid dienone is 1. The molecule has 0 aliphatic carbocycles. The van der Waals surface area contributed by atoms with Crippen molar-refractivity contribution in [2.45, 2.75) is 13.3 Å². The van der Waals surface area contributed by atoms with Gasteiger partial charge in [0.25, 0.3) is 0 Å². The molecule has 0 atom stereocenters. The lowest BCUT2D eigenvalue weighted by molar-refractivity contribution is -0.133. The van der Waals surface area contributed by atoms with Crippen molar-refractivity contribution in [1.82, 2.24) is 4.90 Å². The van der Waals surface area contributed by atoms with Gasteiger partial charge in [0.1, 0.15) is 0 Å². The Balaban J connectivity index is 4.48. The smallest absolute Gasteiger partial charge is 0.421 e. The average molecular weight is 249 g/mol. The molecule has 0 bridgehead atoms. The molecule has 0 spiro atoms. The van der Waals surface area contributed by atoms with Crippen LogP contribution in [0, 0.1) is 23.8 Å². The van der Waals surface area contributed by atoms with Crippen molar-refractivity contribution in [3.05, 3.63) is 12.2 Å². The molecule has 0 aliphatic rings. The van der Waals surface area contributed by atoms with Crippen LogP contribution >= 0.6 is 0 Å². The molecule has 0 heterocycles. The van der Waals surface area contributed by atoms with Crippen LogP contribution in [0.1, 0.15) is 13.3 Å². The van der Waals surface area contributed by atoms with E-state index in [9.17, 15) is 9.59 Å². The summed E-state index contributed by atoms with van der Waals surface area (Å²) in [5.41, 5.74) is 0.629. The number of methoxy groups -OCH3 is 2. The van der Waals surface area contributed by atoms with E-state index in [0.717, 1.165) is 0 Å². The number of esters is 1. The number of ether oxygens (including phenoxy) is 2. The third kappa shape index (κ3) is 6.97. The van der Waals surface area contributed by atoms with Gasteiger partial charge in [-0.25, -0.2) is 14.5 Å². The van der Waals surface area contributed by atoms with E-state index in [4.69, 9.17) is 0 Å². The number of hydrogen-bond donors (Lipinski definition) is 0. The van der Waals surface area contributed by atoms with Crippen LogP contribution in [0.3, 0.4) is 0 Å². The van der Waals surface area contributed by atoms with Gasteiger partial charge in [0, 0.05) is 24.9 Å². The number of carbonyl (C=O) groups is 2. The van der Waals surface area contributed by atoms with Crippen molar-refractivity contribution in [3.8, 4) is 23.8 Å². The number of nitrogens with zero attached hydrogens (tertiary/aromatic N) is 1. The van der Waals surface area contributed by atoms with Gasteiger partial charge in [-0.1, -0.05) is 12.5 Å². The van der Waals surface area contributed by atoms with Crippen LogP contribution in [0.15, 0.2) is 12.2 Å². The van der Waals surface area contributed by atoms with E-state index in [1.807, 2.05) is 0 Å². The van der Waals surface area contributed by atoms with Crippen molar-refractivity contribution in [2.75, 3.05) is 20.8 Å². The van der Waals surface area contributed by atoms with Crippen LogP contribution in [0.4, 0.5) is 4.79 Å². The third-order valence-electron chi connectivity index (χ3n) is 1.64. The first-order chi connectivity index (χ1) is 8.51. The molecule has 0 saturated heterocycles. The Morgan fingerprint density at radius 3 is 2.39 bits per heavy atom. The van der Waals surface area contributed by atoms with Crippen LogP contribution in [0.2, 0.25) is 0 Å². The fourth-order valence-corrected chi connectivity index (χ4v) is 0.819. The van der Waals surface area contributed by atoms with E-state index in [1.165, 1.54) is 19.1 Å². The molecule has 0 N–H and O–H groups in total. The molecule has 5 heteroatoms. The predicted molar refractivity (Wildman–Crippen MR) is 66.1 cm³/mol. The molecule has 0 aliphatic heterocycles. The van der Waals surface area contributed by atoms with Crippen LogP contribution in [-0.2, 0) is 14.3 Å². The SMILES string of the molecule is C=C(C)C#CN(CCC#CC(=O)OC)C(=O)OC. The van der Waals surface area contributed by atoms with Crippen molar-refractivity contribution >= 4 is 12.1 Å². The van der Waals surface area contributed by atoms with Crippen molar-refractivity contribution in [1.29, 1.82) is 0 Å². The second-order valence-electron chi connectivity index (χ2n) is 3.18. The molecule has 0 aromatic heterocycles. The minimum atomic E-state index is -0.618. The summed E-state index contributed by atoms with van der Waals surface area (Å²) in [5.74, 6) is 6.87. The molecule has 18 heavy (non-hydrogen) atoms. The molecule has 96 valence electrons. The third-order valence-corrected chi connectivity index (χ3v) is 1.64. The van der Waals surface area contributed by atoms with Gasteiger partial charge in [0.15, 0.2) is 0 Å². The van der Waals surface area contributed by atoms with E-state index in [0.29, 0.717) is 5.57 Å². The molecule has 0 aromatic carbocycles. The summed E-state index contributed by atoms with van der Waals surface area (Å²) in [6.07, 6.45) is -0.293. The lowest BCUT2D eigenvalue weighted by Crippen LogP contribution is -2.27. The minimum absolute atomic E-state index is 0.233. The topological polar surface area (TPSA) is 55.8 Å². The molecule has 0 radical (unpaired) electrons. The maximum absolute atomic E-state index is 11.3. The van der Waals surface area contributed by atoms with Gasteiger partial charge in [-0.05, 0) is 18.4 Å². The van der Waals surface area contributed by atoms with E-state index >= 15 is 0 Å². The number of hydrogen-bond acceptors (Lipinski definition) is 4. The van der Waals surface area contributed by atoms with E-state index < -0.39 is 12.1 Å². The Hall–Kier alpha value is -2.40. The first-order valence-corrected chi connectivity index (χ1v) is 5.10. The molecular formula is C13H15NO4. The molecule has 0 rings (SSSR count). The predicted octanol–water partition coefficient (Wildman–Crippen LogP) is 1.16. The number of rotatable bonds is 2. The van der Waals surface area contributed by atoms with E-state index in [2.05, 4.69) is 39.9 Å². The number of amides is 1. The maximum Gasteiger partial charge on any atom is 0.421 e. The summed E-state index contributed by atoms with van der Waals surface area (Å²) in [4.78, 5) is 23.2. The highest BCUT2D eigenvalue weighted by Gasteiger charge is 2.09. The summed E-state index contributed by atoms with van der Waals surface area (Å²) >= 11 is 0. The Morgan fingerprint density at radius 2 is 1.89 bits per heavy atom. The summed E-state index contributed by atoms with van der Waals surface area (Å²) in [5, 5.41) is 0. The monoisotopic (exact) mass is 249 g/mol. The van der Waals surface area contributed by atoms with E-state index in [-0.39, 0.29) is 13.0 Å². The van der Waals surface area contributed by atoms with Crippen LogP contribution < -0.4 is 0 Å². The van der Waals surface area contributed by atoms with Crippen molar-refractivity contribution in [3.63, 3.8) is 0 Å². The largest absolute Gasteiger partial charge is 0.459 e. The number of carbonyl (C=O) groups excluding carboxylic acids is 2. The molecule has 5 nitrogen and oxygen atoms in total. The zero-order chi connectivity index (χ0) is 14.0. The minimum Gasteiger partial charge on any atom is -0.459 e. The lowest BCUT2D eigenvalue weighted by Gasteiger charge is -2.11. The van der Waals surface area contributed by atoms with Gasteiger partial charge in [-0.15, -0.1) is 0 Å². The Labute approximate surface area is 107 Å². The molecule has 0 aromatic rings. The summed E-state index contributed by atoms with van der Waals surface area (Å²) in [7, 11) is 2.51. The molecule has 0 fully saturated rings. The summed E-state index contributed by atoms with van der Waals surface area (Å²) < 4.78 is 8.91. The standard InChI is InChI=1S/C13H15NO4/c1-11(2)8-10-14(13(16)18-4)9-6-5-7-12(15)17-3/h1,6,9H2,2-4H3. The second kappa shape index (κ2) is 8.72. The van der Waals surface area contributed by atoms with Gasteiger partial charge in [0.05, 0.1) is 14.2 Å². The van der Waals surface area contributed by atoms with Crippen LogP contribution in [-0.4, -0.2) is 37.7 Å². The Kier molecular flexibility index (Phi) is 7.56. The fraction of sp³-hybridized carbons (Fsp3) is 0.385. The molecule has 0 saturated carbocycles. The highest BCUT2D eigenvalue weighted by atomic mass is 16.5. The maximum atomic E-state index is 11.3. The Morgan fingerprint density at radius 1 is 1.22 bits per heavy atom. The van der Waals surface area contributed by atoms with Gasteiger partial charge >= 0.3 is 12.1 Å². The zero-order valence-corrected chi connectivity index (χ0v) is 10.7. The molecular weight excluding hydrogens is 234 g/mol. The van der Waals surface area contributed by atoms with Crippen LogP contribution in [0.25, 0.3) is 0 Å². The fourth-order valence-electron chi connectivity index (χ4n) is 0.819. The van der Waals surface area contributed by atoms with Gasteiger partial charge in [0.2, 0.25) is 0 Å². The first kappa shape index (κ1) is 15.6. The summed E-state index contributed by atoms with van der Waals surface area (Å²) in [6.45, 7) is 5.56. The normalized spacial score (nSPS) is 7.94. The highest BCUT2D eigenvalue weighted by molar-refractivity contribution is 5.88. The first-order valence-electron chi connectivity index (χ1n) is 5.10. The van der Waals surface area contributed by atoms with Gasteiger partial charge in [-0.3, -0.25) is 0 Å². The zero-order valence-electron chi connectivity index (χ0n) is 10.7. The van der Waals surface area contributed by atoms with Crippen molar-refractivity contribution < 1.29 is 19.1 Å². The van der Waals surface area contributed by atoms with Crippen molar-refractivity contribution in [2.24, 2.45) is 0 Å². The highest BCUT2D eigenvalue weighted by Crippen LogP contribution is 1.94. The van der Waals surface area contributed by atoms with Gasteiger partial charge < -0.3 is 9.47 Å².